The fraction of sp³-hybridized carbons (Fsp3) is 0.273. The van der Waals surface area contributed by atoms with E-state index in [1.807, 2.05) is 31.2 Å². The Balaban J connectivity index is 1.63. The zero-order valence-electron chi connectivity index (χ0n) is 16.4. The van der Waals surface area contributed by atoms with Gasteiger partial charge < -0.3 is 19.7 Å². The summed E-state index contributed by atoms with van der Waals surface area (Å²) in [5.74, 6) is 2.91. The van der Waals surface area contributed by atoms with Crippen LogP contribution in [0.3, 0.4) is 0 Å². The summed E-state index contributed by atoms with van der Waals surface area (Å²) in [5.41, 5.74) is 4.10. The molecule has 2 heterocycles. The molecule has 2 aromatic carbocycles. The summed E-state index contributed by atoms with van der Waals surface area (Å²) in [6.07, 6.45) is 0. The molecule has 6 nitrogen and oxygen atoms in total. The third-order valence-corrected chi connectivity index (χ3v) is 4.55. The molecule has 1 aliphatic heterocycles. The number of nitrogens with zero attached hydrogens (tertiary/aromatic N) is 3. The average Bonchev–Trinajstić information content (AvgIpc) is 2.68. The van der Waals surface area contributed by atoms with Gasteiger partial charge in [0.15, 0.2) is 11.5 Å². The minimum atomic E-state index is 0.554. The molecule has 0 bridgehead atoms. The van der Waals surface area contributed by atoms with Crippen molar-refractivity contribution in [1.82, 2.24) is 9.97 Å². The normalized spacial score (nSPS) is 12.5. The van der Waals surface area contributed by atoms with Crippen LogP contribution in [-0.4, -0.2) is 29.7 Å². The van der Waals surface area contributed by atoms with Crippen LogP contribution in [0.5, 0.6) is 11.5 Å². The minimum Gasteiger partial charge on any atom is -0.486 e. The highest BCUT2D eigenvalue weighted by Crippen LogP contribution is 2.33. The number of anilines is 4. The molecular weight excluding hydrogens is 352 g/mol. The molecule has 3 aromatic rings. The van der Waals surface area contributed by atoms with E-state index in [-0.39, 0.29) is 0 Å². The molecule has 0 fully saturated rings. The number of fused-ring (bicyclic) bond motifs is 1. The van der Waals surface area contributed by atoms with Crippen molar-refractivity contribution in [3.05, 3.63) is 59.8 Å². The molecule has 0 amide bonds. The van der Waals surface area contributed by atoms with Gasteiger partial charge in [-0.3, -0.25) is 0 Å². The highest BCUT2D eigenvalue weighted by molar-refractivity contribution is 5.64. The van der Waals surface area contributed by atoms with Crippen molar-refractivity contribution in [2.75, 3.05) is 30.0 Å². The van der Waals surface area contributed by atoms with E-state index in [1.54, 1.807) is 0 Å². The second-order valence-electron chi connectivity index (χ2n) is 6.76. The van der Waals surface area contributed by atoms with Gasteiger partial charge in [-0.25, -0.2) is 4.98 Å². The van der Waals surface area contributed by atoms with Gasteiger partial charge in [-0.2, -0.15) is 4.98 Å². The van der Waals surface area contributed by atoms with Gasteiger partial charge in [0.25, 0.3) is 0 Å². The molecule has 6 heteroatoms. The number of hydrogen-bond acceptors (Lipinski definition) is 6. The van der Waals surface area contributed by atoms with Gasteiger partial charge in [0, 0.05) is 35.7 Å². The third-order valence-electron chi connectivity index (χ3n) is 4.55. The predicted molar refractivity (Wildman–Crippen MR) is 111 cm³/mol. The van der Waals surface area contributed by atoms with Crippen LogP contribution in [0.15, 0.2) is 48.5 Å². The monoisotopic (exact) mass is 376 g/mol. The second kappa shape index (κ2) is 7.76. The van der Waals surface area contributed by atoms with Crippen LogP contribution in [0.4, 0.5) is 23.1 Å². The zero-order chi connectivity index (χ0) is 19.5. The summed E-state index contributed by atoms with van der Waals surface area (Å²) in [4.78, 5) is 11.5. The van der Waals surface area contributed by atoms with E-state index >= 15 is 0 Å². The van der Waals surface area contributed by atoms with Gasteiger partial charge in [-0.15, -0.1) is 0 Å². The van der Waals surface area contributed by atoms with Crippen LogP contribution < -0.4 is 19.7 Å². The van der Waals surface area contributed by atoms with Crippen LogP contribution in [0.1, 0.15) is 18.2 Å². The molecule has 1 aromatic heterocycles. The highest BCUT2D eigenvalue weighted by atomic mass is 16.6. The first-order valence-electron chi connectivity index (χ1n) is 9.49. The number of nitrogens with one attached hydrogen (secondary N) is 1. The van der Waals surface area contributed by atoms with E-state index in [2.05, 4.69) is 53.3 Å². The summed E-state index contributed by atoms with van der Waals surface area (Å²) in [6, 6.07) is 16.2. The topological polar surface area (TPSA) is 59.5 Å². The number of hydrogen-bond donors (Lipinski definition) is 1. The van der Waals surface area contributed by atoms with Crippen molar-refractivity contribution >= 4 is 23.1 Å². The molecule has 1 N–H and O–H groups in total. The van der Waals surface area contributed by atoms with Gasteiger partial charge in [-0.05, 0) is 50.6 Å². The van der Waals surface area contributed by atoms with E-state index in [0.717, 1.165) is 40.9 Å². The average molecular weight is 376 g/mol. The van der Waals surface area contributed by atoms with E-state index < -0.39 is 0 Å². The van der Waals surface area contributed by atoms with Crippen molar-refractivity contribution in [2.24, 2.45) is 0 Å². The SMILES string of the molecule is CCN(c1cccc(C)c1)c1cc(C)nc(Nc2ccc3c(c2)OCCO3)n1. The Morgan fingerprint density at radius 1 is 0.964 bits per heavy atom. The van der Waals surface area contributed by atoms with E-state index in [0.29, 0.717) is 19.2 Å². The van der Waals surface area contributed by atoms with Crippen LogP contribution in [0.2, 0.25) is 0 Å². The van der Waals surface area contributed by atoms with E-state index in [4.69, 9.17) is 14.5 Å². The lowest BCUT2D eigenvalue weighted by atomic mass is 10.2. The Kier molecular flexibility index (Phi) is 5.02. The molecule has 1 aliphatic rings. The largest absolute Gasteiger partial charge is 0.486 e. The van der Waals surface area contributed by atoms with Crippen molar-refractivity contribution in [3.63, 3.8) is 0 Å². The number of benzene rings is 2. The summed E-state index contributed by atoms with van der Waals surface area (Å²) in [5, 5.41) is 3.29. The molecule has 0 saturated carbocycles. The number of ether oxygens (including phenoxy) is 2. The summed E-state index contributed by atoms with van der Waals surface area (Å²) in [6.45, 7) is 8.14. The molecule has 0 radical (unpaired) electrons. The maximum atomic E-state index is 5.66. The molecular formula is C22H24N4O2. The number of aromatic nitrogens is 2. The Bertz CT molecular complexity index is 990. The minimum absolute atomic E-state index is 0.554. The lowest BCUT2D eigenvalue weighted by Gasteiger charge is -2.23. The van der Waals surface area contributed by atoms with Gasteiger partial charge in [0.1, 0.15) is 19.0 Å². The Hall–Kier alpha value is -3.28. The van der Waals surface area contributed by atoms with Crippen LogP contribution in [0, 0.1) is 13.8 Å². The standard InChI is InChI=1S/C22H24N4O2/c1-4-26(18-7-5-6-15(2)12-18)21-13-16(3)23-22(25-21)24-17-8-9-19-20(14-17)28-11-10-27-19/h5-9,12-14H,4,10-11H2,1-3H3,(H,23,24,25). The number of rotatable bonds is 5. The highest BCUT2D eigenvalue weighted by Gasteiger charge is 2.14. The van der Waals surface area contributed by atoms with Crippen molar-refractivity contribution < 1.29 is 9.47 Å². The van der Waals surface area contributed by atoms with Crippen molar-refractivity contribution in [2.45, 2.75) is 20.8 Å². The first-order chi connectivity index (χ1) is 13.6. The summed E-state index contributed by atoms with van der Waals surface area (Å²) >= 11 is 0. The first kappa shape index (κ1) is 18.1. The van der Waals surface area contributed by atoms with E-state index in [9.17, 15) is 0 Å². The molecule has 0 spiro atoms. The van der Waals surface area contributed by atoms with Gasteiger partial charge in [-0.1, -0.05) is 12.1 Å². The summed E-state index contributed by atoms with van der Waals surface area (Å²) < 4.78 is 11.2. The lowest BCUT2D eigenvalue weighted by molar-refractivity contribution is 0.171. The van der Waals surface area contributed by atoms with Crippen LogP contribution >= 0.6 is 0 Å². The Morgan fingerprint density at radius 3 is 2.57 bits per heavy atom. The Morgan fingerprint density at radius 2 is 1.79 bits per heavy atom. The molecule has 0 unspecified atom stereocenters. The van der Waals surface area contributed by atoms with Crippen LogP contribution in [-0.2, 0) is 0 Å². The molecule has 4 rings (SSSR count). The fourth-order valence-electron chi connectivity index (χ4n) is 3.27. The number of aryl methyl sites for hydroxylation is 2. The van der Waals surface area contributed by atoms with Crippen LogP contribution in [0.25, 0.3) is 0 Å². The van der Waals surface area contributed by atoms with Crippen molar-refractivity contribution in [3.8, 4) is 11.5 Å². The second-order valence-corrected chi connectivity index (χ2v) is 6.76. The summed E-state index contributed by atoms with van der Waals surface area (Å²) in [7, 11) is 0. The first-order valence-corrected chi connectivity index (χ1v) is 9.49. The molecule has 0 saturated heterocycles. The maximum Gasteiger partial charge on any atom is 0.229 e. The fourth-order valence-corrected chi connectivity index (χ4v) is 3.27. The zero-order valence-corrected chi connectivity index (χ0v) is 16.4. The van der Waals surface area contributed by atoms with Gasteiger partial charge in [0.05, 0.1) is 0 Å². The third kappa shape index (κ3) is 3.86. The smallest absolute Gasteiger partial charge is 0.229 e. The Labute approximate surface area is 165 Å². The molecule has 0 atom stereocenters. The van der Waals surface area contributed by atoms with Crippen molar-refractivity contribution in [1.29, 1.82) is 0 Å². The predicted octanol–water partition coefficient (Wildman–Crippen LogP) is 4.77. The lowest BCUT2D eigenvalue weighted by Crippen LogP contribution is -2.18. The molecule has 28 heavy (non-hydrogen) atoms. The van der Waals surface area contributed by atoms with E-state index in [1.165, 1.54) is 5.56 Å². The molecule has 144 valence electrons. The van der Waals surface area contributed by atoms with Gasteiger partial charge >= 0.3 is 0 Å². The van der Waals surface area contributed by atoms with Gasteiger partial charge in [0.2, 0.25) is 5.95 Å². The molecule has 0 aliphatic carbocycles. The maximum absolute atomic E-state index is 5.66. The quantitative estimate of drug-likeness (QED) is 0.692.